The second-order valence-electron chi connectivity index (χ2n) is 5.33. The Morgan fingerprint density at radius 3 is 2.55 bits per heavy atom. The highest BCUT2D eigenvalue weighted by Crippen LogP contribution is 2.35. The topological polar surface area (TPSA) is 24.5 Å². The summed E-state index contributed by atoms with van der Waals surface area (Å²) in [5, 5.41) is 3.34. The molecule has 1 heterocycles. The summed E-state index contributed by atoms with van der Waals surface area (Å²) < 4.78 is 19.2. The lowest BCUT2D eigenvalue weighted by Gasteiger charge is -2.36. The van der Waals surface area contributed by atoms with Gasteiger partial charge in [0, 0.05) is 37.8 Å². The first-order valence-electron chi connectivity index (χ1n) is 7.05. The fraction of sp³-hybridized carbons (Fsp3) is 0.500. The van der Waals surface area contributed by atoms with Crippen LogP contribution in [0.3, 0.4) is 0 Å². The maximum Gasteiger partial charge on any atom is 0.165 e. The zero-order chi connectivity index (χ0) is 14.5. The van der Waals surface area contributed by atoms with Gasteiger partial charge in [0.25, 0.3) is 0 Å². The lowest BCUT2D eigenvalue weighted by molar-refractivity contribution is 0.169. The van der Waals surface area contributed by atoms with Crippen LogP contribution in [0.1, 0.15) is 24.9 Å². The van der Waals surface area contributed by atoms with Crippen molar-refractivity contribution in [3.05, 3.63) is 41.7 Å². The van der Waals surface area contributed by atoms with Crippen molar-refractivity contribution in [2.45, 2.75) is 19.4 Å². The molecule has 1 N–H and O–H groups in total. The lowest BCUT2D eigenvalue weighted by Crippen LogP contribution is -2.45. The molecule has 0 bridgehead atoms. The van der Waals surface area contributed by atoms with Crippen molar-refractivity contribution in [3.63, 3.8) is 0 Å². The third-order valence-corrected chi connectivity index (χ3v) is 3.69. The van der Waals surface area contributed by atoms with Gasteiger partial charge in [-0.1, -0.05) is 17.7 Å². The normalized spacial score (nSPS) is 16.1. The Balaban J connectivity index is 0.00000220. The molecule has 1 atom stereocenters. The number of piperazine rings is 1. The molecule has 6 heteroatoms. The van der Waals surface area contributed by atoms with E-state index < -0.39 is 0 Å². The molecule has 1 saturated heterocycles. The first-order chi connectivity index (χ1) is 9.63. The quantitative estimate of drug-likeness (QED) is 0.821. The number of halogens is 3. The molecule has 0 amide bonds. The summed E-state index contributed by atoms with van der Waals surface area (Å²) in [5.74, 6) is 0.0594. The summed E-state index contributed by atoms with van der Waals surface area (Å²) in [6.07, 6.45) is 0.819. The molecule has 0 unspecified atom stereocenters. The van der Waals surface area contributed by atoms with Crippen LogP contribution in [0.5, 0.6) is 5.75 Å². The average Bonchev–Trinajstić information content (AvgIpc) is 2.45. The van der Waals surface area contributed by atoms with Gasteiger partial charge in [0.2, 0.25) is 0 Å². The Hall–Kier alpha value is -0.810. The van der Waals surface area contributed by atoms with E-state index in [9.17, 15) is 4.39 Å². The Morgan fingerprint density at radius 2 is 2.00 bits per heavy atom. The Morgan fingerprint density at radius 1 is 1.36 bits per heavy atom. The number of nitrogens with zero attached hydrogens (tertiary/aromatic N) is 1. The summed E-state index contributed by atoms with van der Waals surface area (Å²) in [4.78, 5) is 2.38. The predicted octanol–water partition coefficient (Wildman–Crippen LogP) is 3.59. The van der Waals surface area contributed by atoms with E-state index in [1.807, 2.05) is 13.0 Å². The molecule has 3 nitrogen and oxygen atoms in total. The van der Waals surface area contributed by atoms with Gasteiger partial charge in [-0.3, -0.25) is 4.90 Å². The van der Waals surface area contributed by atoms with Gasteiger partial charge in [-0.25, -0.2) is 4.39 Å². The van der Waals surface area contributed by atoms with Crippen LogP contribution in [0.2, 0.25) is 0 Å². The second kappa shape index (κ2) is 10.1. The number of ether oxygens (including phenoxy) is 1. The van der Waals surface area contributed by atoms with Gasteiger partial charge in [-0.05, 0) is 19.4 Å². The minimum atomic E-state index is -0.299. The third-order valence-electron chi connectivity index (χ3n) is 3.69. The van der Waals surface area contributed by atoms with E-state index in [0.29, 0.717) is 5.75 Å². The van der Waals surface area contributed by atoms with Crippen LogP contribution in [-0.2, 0) is 0 Å². The summed E-state index contributed by atoms with van der Waals surface area (Å²) >= 11 is 0. The highest BCUT2D eigenvalue weighted by Gasteiger charge is 2.26. The number of para-hydroxylation sites is 1. The molecule has 0 spiro atoms. The SMILES string of the molecule is C=C(C)C[C@@H](c1cccc(F)c1OC)N1CCNCC1.Cl.Cl. The highest BCUT2D eigenvalue weighted by atomic mass is 35.5. The number of methoxy groups -OCH3 is 1. The van der Waals surface area contributed by atoms with E-state index in [1.165, 1.54) is 13.2 Å². The molecule has 1 aromatic carbocycles. The summed E-state index contributed by atoms with van der Waals surface area (Å²) in [7, 11) is 1.53. The monoisotopic (exact) mass is 350 g/mol. The fourth-order valence-electron chi connectivity index (χ4n) is 2.76. The number of hydrogen-bond acceptors (Lipinski definition) is 3. The van der Waals surface area contributed by atoms with Gasteiger partial charge in [-0.15, -0.1) is 31.4 Å². The van der Waals surface area contributed by atoms with Crippen molar-refractivity contribution >= 4 is 24.8 Å². The molecule has 126 valence electrons. The molecule has 0 radical (unpaired) electrons. The van der Waals surface area contributed by atoms with Gasteiger partial charge in [0.1, 0.15) is 0 Å². The lowest BCUT2D eigenvalue weighted by atomic mass is 9.97. The Bertz CT molecular complexity index is 479. The number of benzene rings is 1. The van der Waals surface area contributed by atoms with Crippen molar-refractivity contribution in [1.29, 1.82) is 0 Å². The van der Waals surface area contributed by atoms with Gasteiger partial charge >= 0.3 is 0 Å². The third kappa shape index (κ3) is 5.13. The van der Waals surface area contributed by atoms with Gasteiger partial charge in [-0.2, -0.15) is 0 Å². The van der Waals surface area contributed by atoms with Gasteiger partial charge in [0.05, 0.1) is 7.11 Å². The maximum atomic E-state index is 13.9. The molecule has 1 aliphatic heterocycles. The van der Waals surface area contributed by atoms with E-state index in [2.05, 4.69) is 16.8 Å². The second-order valence-corrected chi connectivity index (χ2v) is 5.33. The molecule has 1 aromatic rings. The van der Waals surface area contributed by atoms with Crippen LogP contribution < -0.4 is 10.1 Å². The molecule has 0 saturated carbocycles. The average molecular weight is 351 g/mol. The van der Waals surface area contributed by atoms with E-state index in [0.717, 1.165) is 43.7 Å². The molecular formula is C16H25Cl2FN2O. The number of hydrogen-bond donors (Lipinski definition) is 1. The molecule has 0 aliphatic carbocycles. The van der Waals surface area contributed by atoms with Crippen molar-refractivity contribution in [2.75, 3.05) is 33.3 Å². The highest BCUT2D eigenvalue weighted by molar-refractivity contribution is 5.85. The van der Waals surface area contributed by atoms with Gasteiger partial charge in [0.15, 0.2) is 11.6 Å². The van der Waals surface area contributed by atoms with Crippen molar-refractivity contribution < 1.29 is 9.13 Å². The van der Waals surface area contributed by atoms with Gasteiger partial charge < -0.3 is 10.1 Å². The largest absolute Gasteiger partial charge is 0.493 e. The smallest absolute Gasteiger partial charge is 0.165 e. The standard InChI is InChI=1S/C16H23FN2O.2ClH/c1-12(2)11-15(19-9-7-18-8-10-19)13-5-4-6-14(17)16(13)20-3;;/h4-6,15,18H,1,7-11H2,2-3H3;2*1H/t15-;;/m0../s1. The van der Waals surface area contributed by atoms with Crippen LogP contribution >= 0.6 is 24.8 Å². The first kappa shape index (κ1) is 21.2. The molecule has 1 fully saturated rings. The zero-order valence-electron chi connectivity index (χ0n) is 13.1. The molecule has 22 heavy (non-hydrogen) atoms. The van der Waals surface area contributed by atoms with Crippen LogP contribution in [0.15, 0.2) is 30.4 Å². The summed E-state index contributed by atoms with van der Waals surface area (Å²) in [6.45, 7) is 9.87. The molecule has 1 aliphatic rings. The minimum Gasteiger partial charge on any atom is -0.493 e. The molecular weight excluding hydrogens is 326 g/mol. The predicted molar refractivity (Wildman–Crippen MR) is 94.1 cm³/mol. The number of rotatable bonds is 5. The zero-order valence-corrected chi connectivity index (χ0v) is 14.7. The van der Waals surface area contributed by atoms with Crippen molar-refractivity contribution in [1.82, 2.24) is 10.2 Å². The Labute approximate surface area is 144 Å². The van der Waals surface area contributed by atoms with Crippen molar-refractivity contribution in [2.24, 2.45) is 0 Å². The van der Waals surface area contributed by atoms with E-state index >= 15 is 0 Å². The minimum absolute atomic E-state index is 0. The fourth-order valence-corrected chi connectivity index (χ4v) is 2.76. The maximum absolute atomic E-state index is 13.9. The molecule has 2 rings (SSSR count). The van der Waals surface area contributed by atoms with E-state index in [1.54, 1.807) is 6.07 Å². The van der Waals surface area contributed by atoms with Crippen LogP contribution in [0, 0.1) is 5.82 Å². The Kier molecular flexibility index (Phi) is 9.69. The van der Waals surface area contributed by atoms with E-state index in [-0.39, 0.29) is 36.7 Å². The molecule has 0 aromatic heterocycles. The summed E-state index contributed by atoms with van der Waals surface area (Å²) in [6, 6.07) is 5.27. The summed E-state index contributed by atoms with van der Waals surface area (Å²) in [5.41, 5.74) is 2.01. The van der Waals surface area contributed by atoms with Crippen LogP contribution in [-0.4, -0.2) is 38.2 Å². The van der Waals surface area contributed by atoms with Crippen molar-refractivity contribution in [3.8, 4) is 5.75 Å². The van der Waals surface area contributed by atoms with Crippen LogP contribution in [0.4, 0.5) is 4.39 Å². The first-order valence-corrected chi connectivity index (χ1v) is 7.05. The van der Waals surface area contributed by atoms with E-state index in [4.69, 9.17) is 4.74 Å². The number of nitrogens with one attached hydrogen (secondary N) is 1. The van der Waals surface area contributed by atoms with Crippen LogP contribution in [0.25, 0.3) is 0 Å².